The Hall–Kier alpha value is -2.70. The first-order valence-corrected chi connectivity index (χ1v) is 6.97. The number of benzene rings is 1. The molecule has 0 spiro atoms. The van der Waals surface area contributed by atoms with Crippen LogP contribution in [-0.2, 0) is 16.1 Å². The number of nitro benzene ring substituents is 1. The Labute approximate surface area is 127 Å². The van der Waals surface area contributed by atoms with Crippen molar-refractivity contribution in [3.63, 3.8) is 0 Å². The highest BCUT2D eigenvalue weighted by molar-refractivity contribution is 5.94. The predicted molar refractivity (Wildman–Crippen MR) is 79.6 cm³/mol. The van der Waals surface area contributed by atoms with Crippen molar-refractivity contribution in [2.75, 3.05) is 6.54 Å². The molecule has 116 valence electrons. The van der Waals surface area contributed by atoms with Crippen LogP contribution >= 0.6 is 0 Å². The number of carbonyl (C=O) groups is 2. The van der Waals surface area contributed by atoms with E-state index >= 15 is 0 Å². The minimum atomic E-state index is -0.458. The van der Waals surface area contributed by atoms with E-state index < -0.39 is 10.8 Å². The lowest BCUT2D eigenvalue weighted by atomic mass is 10.0. The van der Waals surface area contributed by atoms with E-state index in [4.69, 9.17) is 5.73 Å². The lowest BCUT2D eigenvalue weighted by molar-refractivity contribution is -0.384. The number of nitro groups is 1. The van der Waals surface area contributed by atoms with Gasteiger partial charge in [0.05, 0.1) is 4.92 Å². The Morgan fingerprint density at radius 3 is 2.59 bits per heavy atom. The normalized spacial score (nSPS) is 14.6. The van der Waals surface area contributed by atoms with Crippen molar-refractivity contribution in [1.29, 1.82) is 0 Å². The third-order valence-corrected chi connectivity index (χ3v) is 3.51. The molecule has 1 aromatic carbocycles. The fourth-order valence-electron chi connectivity index (χ4n) is 2.35. The number of rotatable bonds is 6. The number of hydrogen-bond acceptors (Lipinski definition) is 4. The fraction of sp³-hybridized carbons (Fsp3) is 0.333. The van der Waals surface area contributed by atoms with Gasteiger partial charge in [-0.2, -0.15) is 0 Å². The molecule has 0 saturated carbocycles. The van der Waals surface area contributed by atoms with Crippen molar-refractivity contribution < 1.29 is 14.5 Å². The number of non-ortho nitro benzene ring substituents is 1. The Balaban J connectivity index is 2.01. The standard InChI is InChI=1S/C15H17N3O4/c16-14(19)8-5-12-2-1-9-17(15(12)20)10-11-3-6-13(7-4-11)18(21)22/h2-4,6-7H,1,5,8-10H2,(H2,16,19). The Kier molecular flexibility index (Phi) is 4.88. The van der Waals surface area contributed by atoms with Crippen molar-refractivity contribution in [1.82, 2.24) is 4.90 Å². The molecule has 1 heterocycles. The summed E-state index contributed by atoms with van der Waals surface area (Å²) in [6.45, 7) is 0.987. The van der Waals surface area contributed by atoms with Gasteiger partial charge in [-0.25, -0.2) is 0 Å². The van der Waals surface area contributed by atoms with Crippen molar-refractivity contribution >= 4 is 17.5 Å². The summed E-state index contributed by atoms with van der Waals surface area (Å²) in [5.74, 6) is -0.535. The van der Waals surface area contributed by atoms with Gasteiger partial charge in [0.1, 0.15) is 0 Å². The Morgan fingerprint density at radius 1 is 1.32 bits per heavy atom. The zero-order valence-electron chi connectivity index (χ0n) is 12.0. The molecular formula is C15H17N3O4. The van der Waals surface area contributed by atoms with Crippen LogP contribution in [-0.4, -0.2) is 28.2 Å². The average Bonchev–Trinajstić information content (AvgIpc) is 2.48. The maximum Gasteiger partial charge on any atom is 0.269 e. The van der Waals surface area contributed by atoms with Crippen LogP contribution < -0.4 is 5.73 Å². The summed E-state index contributed by atoms with van der Waals surface area (Å²) < 4.78 is 0. The van der Waals surface area contributed by atoms with Crippen LogP contribution in [0.5, 0.6) is 0 Å². The van der Waals surface area contributed by atoms with E-state index in [1.54, 1.807) is 17.0 Å². The highest BCUT2D eigenvalue weighted by Crippen LogP contribution is 2.19. The molecule has 7 heteroatoms. The SMILES string of the molecule is NC(=O)CCC1=CCCN(Cc2ccc([N+](=O)[O-])cc2)C1=O. The van der Waals surface area contributed by atoms with Crippen LogP contribution in [0.3, 0.4) is 0 Å². The highest BCUT2D eigenvalue weighted by Gasteiger charge is 2.22. The van der Waals surface area contributed by atoms with Crippen LogP contribution in [0.15, 0.2) is 35.9 Å². The quantitative estimate of drug-likeness (QED) is 0.635. The molecule has 0 radical (unpaired) electrons. The van der Waals surface area contributed by atoms with Gasteiger partial charge in [0, 0.05) is 37.2 Å². The topological polar surface area (TPSA) is 107 Å². The molecule has 0 aromatic heterocycles. The Morgan fingerprint density at radius 2 is 2.00 bits per heavy atom. The number of nitrogens with two attached hydrogens (primary N) is 1. The first-order chi connectivity index (χ1) is 10.5. The van der Waals surface area contributed by atoms with Gasteiger partial charge in [0.25, 0.3) is 5.69 Å². The molecule has 0 fully saturated rings. The molecule has 0 saturated heterocycles. The maximum absolute atomic E-state index is 12.3. The largest absolute Gasteiger partial charge is 0.370 e. The van der Waals surface area contributed by atoms with Gasteiger partial charge in [-0.05, 0) is 18.4 Å². The predicted octanol–water partition coefficient (Wildman–Crippen LogP) is 1.52. The van der Waals surface area contributed by atoms with Crippen LogP contribution in [0, 0.1) is 10.1 Å². The summed E-state index contributed by atoms with van der Waals surface area (Å²) in [6, 6.07) is 6.14. The van der Waals surface area contributed by atoms with Crippen molar-refractivity contribution in [2.24, 2.45) is 5.73 Å². The minimum Gasteiger partial charge on any atom is -0.370 e. The lowest BCUT2D eigenvalue weighted by Crippen LogP contribution is -2.35. The minimum absolute atomic E-state index is 0.0239. The van der Waals surface area contributed by atoms with Gasteiger partial charge < -0.3 is 10.6 Å². The van der Waals surface area contributed by atoms with E-state index in [1.807, 2.05) is 6.08 Å². The summed E-state index contributed by atoms with van der Waals surface area (Å²) in [7, 11) is 0. The molecule has 2 amide bonds. The van der Waals surface area contributed by atoms with E-state index in [0.717, 1.165) is 12.0 Å². The van der Waals surface area contributed by atoms with Gasteiger partial charge in [-0.15, -0.1) is 0 Å². The number of carbonyl (C=O) groups excluding carboxylic acids is 2. The molecule has 22 heavy (non-hydrogen) atoms. The molecular weight excluding hydrogens is 286 g/mol. The highest BCUT2D eigenvalue weighted by atomic mass is 16.6. The van der Waals surface area contributed by atoms with Gasteiger partial charge >= 0.3 is 0 Å². The van der Waals surface area contributed by atoms with Crippen LogP contribution in [0.25, 0.3) is 0 Å². The van der Waals surface area contributed by atoms with Gasteiger partial charge in [0.15, 0.2) is 0 Å². The molecule has 1 aliphatic heterocycles. The smallest absolute Gasteiger partial charge is 0.269 e. The van der Waals surface area contributed by atoms with Crippen LogP contribution in [0.4, 0.5) is 5.69 Å². The van der Waals surface area contributed by atoms with Gasteiger partial charge in [-0.3, -0.25) is 19.7 Å². The number of amides is 2. The second kappa shape index (κ2) is 6.84. The molecule has 0 unspecified atom stereocenters. The first-order valence-electron chi connectivity index (χ1n) is 6.97. The molecule has 1 aliphatic rings. The molecule has 7 nitrogen and oxygen atoms in total. The fourth-order valence-corrected chi connectivity index (χ4v) is 2.35. The molecule has 0 bridgehead atoms. The molecule has 2 N–H and O–H groups in total. The van der Waals surface area contributed by atoms with Crippen molar-refractivity contribution in [2.45, 2.75) is 25.8 Å². The zero-order chi connectivity index (χ0) is 16.1. The molecule has 1 aromatic rings. The number of primary amides is 1. The summed E-state index contributed by atoms with van der Waals surface area (Å²) in [5.41, 5.74) is 6.56. The third-order valence-electron chi connectivity index (χ3n) is 3.51. The maximum atomic E-state index is 12.3. The van der Waals surface area contributed by atoms with Gasteiger partial charge in [0.2, 0.25) is 11.8 Å². The average molecular weight is 303 g/mol. The van der Waals surface area contributed by atoms with Crippen LogP contribution in [0.2, 0.25) is 0 Å². The van der Waals surface area contributed by atoms with Crippen LogP contribution in [0.1, 0.15) is 24.8 Å². The van der Waals surface area contributed by atoms with Crippen molar-refractivity contribution in [3.05, 3.63) is 51.6 Å². The molecule has 0 aliphatic carbocycles. The van der Waals surface area contributed by atoms with Gasteiger partial charge in [-0.1, -0.05) is 18.2 Å². The molecule has 0 atom stereocenters. The summed E-state index contributed by atoms with van der Waals surface area (Å²) in [6.07, 6.45) is 3.08. The lowest BCUT2D eigenvalue weighted by Gasteiger charge is -2.27. The zero-order valence-corrected chi connectivity index (χ0v) is 12.0. The summed E-state index contributed by atoms with van der Waals surface area (Å²) in [4.78, 5) is 35.0. The molecule has 2 rings (SSSR count). The van der Waals surface area contributed by atoms with E-state index in [0.29, 0.717) is 25.1 Å². The summed E-state index contributed by atoms with van der Waals surface area (Å²) in [5, 5.41) is 10.6. The second-order valence-corrected chi connectivity index (χ2v) is 5.13. The van der Waals surface area contributed by atoms with E-state index in [1.165, 1.54) is 12.1 Å². The van der Waals surface area contributed by atoms with E-state index in [9.17, 15) is 19.7 Å². The number of nitrogens with zero attached hydrogens (tertiary/aromatic N) is 2. The number of hydrogen-bond donors (Lipinski definition) is 1. The van der Waals surface area contributed by atoms with Crippen molar-refractivity contribution in [3.8, 4) is 0 Å². The van der Waals surface area contributed by atoms with E-state index in [-0.39, 0.29) is 18.0 Å². The Bertz CT molecular complexity index is 622. The third kappa shape index (κ3) is 3.91. The second-order valence-electron chi connectivity index (χ2n) is 5.13. The monoisotopic (exact) mass is 303 g/mol. The summed E-state index contributed by atoms with van der Waals surface area (Å²) >= 11 is 0. The first kappa shape index (κ1) is 15.7. The van der Waals surface area contributed by atoms with E-state index in [2.05, 4.69) is 0 Å².